The first kappa shape index (κ1) is 11.5. The summed E-state index contributed by atoms with van der Waals surface area (Å²) in [6.07, 6.45) is 1.94. The van der Waals surface area contributed by atoms with Gasteiger partial charge in [0, 0.05) is 12.1 Å². The lowest BCUT2D eigenvalue weighted by Gasteiger charge is -2.34. The highest BCUT2D eigenvalue weighted by molar-refractivity contribution is 5.80. The molecular formula is C11H21NO2. The molecule has 0 amide bonds. The molecule has 0 atom stereocenters. The van der Waals surface area contributed by atoms with E-state index in [1.807, 2.05) is 0 Å². The topological polar surface area (TPSA) is 29.5 Å². The van der Waals surface area contributed by atoms with Crippen molar-refractivity contribution in [1.82, 2.24) is 4.90 Å². The summed E-state index contributed by atoms with van der Waals surface area (Å²) >= 11 is 0. The number of rotatable bonds is 3. The van der Waals surface area contributed by atoms with Crippen molar-refractivity contribution in [1.29, 1.82) is 0 Å². The number of carbonyl (C=O) groups is 1. The Morgan fingerprint density at radius 1 is 1.43 bits per heavy atom. The summed E-state index contributed by atoms with van der Waals surface area (Å²) in [5, 5.41) is 0. The molecule has 0 heterocycles. The van der Waals surface area contributed by atoms with Gasteiger partial charge in [0.15, 0.2) is 0 Å². The number of esters is 1. The minimum atomic E-state index is -0.198. The number of carbonyl (C=O) groups excluding carboxylic acids is 1. The van der Waals surface area contributed by atoms with Gasteiger partial charge in [-0.15, -0.1) is 0 Å². The number of nitrogens with zero attached hydrogens (tertiary/aromatic N) is 1. The van der Waals surface area contributed by atoms with E-state index in [0.29, 0.717) is 0 Å². The van der Waals surface area contributed by atoms with Crippen molar-refractivity contribution in [2.24, 2.45) is 5.41 Å². The van der Waals surface area contributed by atoms with E-state index in [4.69, 9.17) is 4.74 Å². The van der Waals surface area contributed by atoms with Crippen LogP contribution in [0.3, 0.4) is 0 Å². The van der Waals surface area contributed by atoms with Gasteiger partial charge in [-0.3, -0.25) is 4.79 Å². The van der Waals surface area contributed by atoms with Crippen LogP contribution in [0.5, 0.6) is 0 Å². The van der Waals surface area contributed by atoms with Crippen molar-refractivity contribution >= 4 is 5.97 Å². The van der Waals surface area contributed by atoms with Gasteiger partial charge in [0.2, 0.25) is 0 Å². The maximum absolute atomic E-state index is 11.5. The van der Waals surface area contributed by atoms with E-state index >= 15 is 0 Å². The Kier molecular flexibility index (Phi) is 2.91. The molecule has 14 heavy (non-hydrogen) atoms. The lowest BCUT2D eigenvalue weighted by atomic mass is 10.0. The van der Waals surface area contributed by atoms with Crippen LogP contribution in [0.25, 0.3) is 0 Å². The summed E-state index contributed by atoms with van der Waals surface area (Å²) in [5.41, 5.74) is -0.0829. The van der Waals surface area contributed by atoms with E-state index in [9.17, 15) is 4.79 Å². The molecule has 1 aliphatic rings. The minimum absolute atomic E-state index is 0.0476. The molecule has 0 unspecified atom stereocenters. The minimum Gasteiger partial charge on any atom is -0.469 e. The van der Waals surface area contributed by atoms with Crippen LogP contribution in [0.15, 0.2) is 0 Å². The number of hydrogen-bond donors (Lipinski definition) is 0. The zero-order valence-corrected chi connectivity index (χ0v) is 9.89. The molecule has 0 aromatic carbocycles. The van der Waals surface area contributed by atoms with Crippen LogP contribution in [0.2, 0.25) is 0 Å². The highest BCUT2D eigenvalue weighted by atomic mass is 16.5. The van der Waals surface area contributed by atoms with E-state index < -0.39 is 0 Å². The Balaban J connectivity index is 2.56. The standard InChI is InChI=1S/C11H21NO2/c1-10(2,3)12(4)8-11(6-7-11)9(13)14-5/h6-8H2,1-5H3. The van der Waals surface area contributed by atoms with Crippen LogP contribution in [-0.4, -0.2) is 37.1 Å². The van der Waals surface area contributed by atoms with Gasteiger partial charge in [-0.25, -0.2) is 0 Å². The van der Waals surface area contributed by atoms with Crippen molar-refractivity contribution in [3.05, 3.63) is 0 Å². The van der Waals surface area contributed by atoms with Gasteiger partial charge >= 0.3 is 5.97 Å². The Morgan fingerprint density at radius 2 is 1.93 bits per heavy atom. The van der Waals surface area contributed by atoms with E-state index in [-0.39, 0.29) is 16.9 Å². The van der Waals surface area contributed by atoms with Crippen LogP contribution < -0.4 is 0 Å². The molecule has 0 N–H and O–H groups in total. The molecule has 3 heteroatoms. The van der Waals surface area contributed by atoms with E-state index in [2.05, 4.69) is 32.7 Å². The normalized spacial score (nSPS) is 19.6. The first-order valence-electron chi connectivity index (χ1n) is 5.11. The molecule has 82 valence electrons. The molecule has 0 radical (unpaired) electrons. The third-order valence-electron chi connectivity index (χ3n) is 3.16. The predicted octanol–water partition coefficient (Wildman–Crippen LogP) is 1.67. The van der Waals surface area contributed by atoms with Crippen molar-refractivity contribution in [3.63, 3.8) is 0 Å². The molecule has 0 aromatic heterocycles. The van der Waals surface area contributed by atoms with Crippen LogP contribution >= 0.6 is 0 Å². The van der Waals surface area contributed by atoms with Gasteiger partial charge in [0.1, 0.15) is 0 Å². The molecule has 1 saturated carbocycles. The van der Waals surface area contributed by atoms with Crippen LogP contribution in [0.1, 0.15) is 33.6 Å². The van der Waals surface area contributed by atoms with Gasteiger partial charge in [0.05, 0.1) is 12.5 Å². The third kappa shape index (κ3) is 2.27. The molecule has 0 saturated heterocycles. The van der Waals surface area contributed by atoms with Gasteiger partial charge in [-0.2, -0.15) is 0 Å². The van der Waals surface area contributed by atoms with Crippen molar-refractivity contribution in [3.8, 4) is 0 Å². The lowest BCUT2D eigenvalue weighted by molar-refractivity contribution is -0.148. The number of ether oxygens (including phenoxy) is 1. The summed E-state index contributed by atoms with van der Waals surface area (Å²) in [4.78, 5) is 13.7. The maximum atomic E-state index is 11.5. The summed E-state index contributed by atoms with van der Waals surface area (Å²) in [6, 6.07) is 0. The Labute approximate surface area is 86.4 Å². The van der Waals surface area contributed by atoms with Crippen LogP contribution in [0.4, 0.5) is 0 Å². The first-order valence-corrected chi connectivity index (χ1v) is 5.11. The zero-order valence-electron chi connectivity index (χ0n) is 9.89. The second-order valence-corrected chi connectivity index (χ2v) is 5.30. The molecule has 3 nitrogen and oxygen atoms in total. The van der Waals surface area contributed by atoms with Gasteiger partial charge < -0.3 is 9.64 Å². The fourth-order valence-corrected chi connectivity index (χ4v) is 1.49. The molecule has 0 bridgehead atoms. The third-order valence-corrected chi connectivity index (χ3v) is 3.16. The first-order chi connectivity index (χ1) is 6.32. The predicted molar refractivity (Wildman–Crippen MR) is 56.1 cm³/mol. The van der Waals surface area contributed by atoms with Crippen molar-refractivity contribution < 1.29 is 9.53 Å². The second-order valence-electron chi connectivity index (χ2n) is 5.30. The molecule has 0 aliphatic heterocycles. The lowest BCUT2D eigenvalue weighted by Crippen LogP contribution is -2.43. The largest absolute Gasteiger partial charge is 0.469 e. The van der Waals surface area contributed by atoms with Crippen LogP contribution in [0, 0.1) is 5.41 Å². The molecular weight excluding hydrogens is 178 g/mol. The van der Waals surface area contributed by atoms with Gasteiger partial charge in [-0.1, -0.05) is 0 Å². The second kappa shape index (κ2) is 3.54. The highest BCUT2D eigenvalue weighted by Gasteiger charge is 2.52. The summed E-state index contributed by atoms with van der Waals surface area (Å²) in [7, 11) is 3.53. The Bertz CT molecular complexity index is 226. The molecule has 1 rings (SSSR count). The maximum Gasteiger partial charge on any atom is 0.313 e. The smallest absolute Gasteiger partial charge is 0.313 e. The molecule has 0 aromatic rings. The monoisotopic (exact) mass is 199 g/mol. The molecule has 0 spiro atoms. The quantitative estimate of drug-likeness (QED) is 0.648. The summed E-state index contributed by atoms with van der Waals surface area (Å²) in [6.45, 7) is 7.27. The number of hydrogen-bond acceptors (Lipinski definition) is 3. The Hall–Kier alpha value is -0.570. The van der Waals surface area contributed by atoms with Crippen molar-refractivity contribution in [2.45, 2.75) is 39.2 Å². The van der Waals surface area contributed by atoms with E-state index in [0.717, 1.165) is 19.4 Å². The highest BCUT2D eigenvalue weighted by Crippen LogP contribution is 2.47. The average molecular weight is 199 g/mol. The summed E-state index contributed by atoms with van der Waals surface area (Å²) in [5.74, 6) is -0.0476. The van der Waals surface area contributed by atoms with Crippen LogP contribution in [-0.2, 0) is 9.53 Å². The Morgan fingerprint density at radius 3 is 2.21 bits per heavy atom. The van der Waals surface area contributed by atoms with Crippen molar-refractivity contribution in [2.75, 3.05) is 20.7 Å². The van der Waals surface area contributed by atoms with Gasteiger partial charge in [-0.05, 0) is 40.7 Å². The van der Waals surface area contributed by atoms with E-state index in [1.165, 1.54) is 7.11 Å². The zero-order chi connectivity index (χ0) is 11.0. The fourth-order valence-electron chi connectivity index (χ4n) is 1.49. The fraction of sp³-hybridized carbons (Fsp3) is 0.909. The van der Waals surface area contributed by atoms with Gasteiger partial charge in [0.25, 0.3) is 0 Å². The molecule has 1 fully saturated rings. The molecule has 1 aliphatic carbocycles. The van der Waals surface area contributed by atoms with E-state index in [1.54, 1.807) is 0 Å². The number of methoxy groups -OCH3 is 1. The SMILES string of the molecule is COC(=O)C1(CN(C)C(C)(C)C)CC1. The summed E-state index contributed by atoms with van der Waals surface area (Å²) < 4.78 is 4.83. The average Bonchev–Trinajstić information content (AvgIpc) is 2.82.